The van der Waals surface area contributed by atoms with Crippen LogP contribution in [0.25, 0.3) is 0 Å². The van der Waals surface area contributed by atoms with Gasteiger partial charge in [0, 0.05) is 10.4 Å². The molecule has 1 aliphatic rings. The van der Waals surface area contributed by atoms with Crippen LogP contribution in [-0.2, 0) is 5.54 Å². The summed E-state index contributed by atoms with van der Waals surface area (Å²) >= 11 is 1.82. The summed E-state index contributed by atoms with van der Waals surface area (Å²) in [4.78, 5) is 0. The Morgan fingerprint density at radius 3 is 2.21 bits per heavy atom. The third-order valence-electron chi connectivity index (χ3n) is 4.18. The van der Waals surface area contributed by atoms with Crippen molar-refractivity contribution in [2.24, 2.45) is 5.92 Å². The molecule has 3 heteroatoms. The lowest BCUT2D eigenvalue weighted by molar-refractivity contribution is 0.391. The van der Waals surface area contributed by atoms with Gasteiger partial charge in [0.25, 0.3) is 0 Å². The second kappa shape index (κ2) is 13.9. The summed E-state index contributed by atoms with van der Waals surface area (Å²) in [5, 5.41) is 0. The van der Waals surface area contributed by atoms with Crippen LogP contribution in [0.5, 0.6) is 0 Å². The maximum Gasteiger partial charge on any atom is 0.0504 e. The minimum Gasteiger partial charge on any atom is -0.399 e. The van der Waals surface area contributed by atoms with Crippen LogP contribution >= 0.6 is 11.9 Å². The average Bonchev–Trinajstić information content (AvgIpc) is 3.44. The van der Waals surface area contributed by atoms with Gasteiger partial charge in [0.2, 0.25) is 0 Å². The first-order valence-corrected chi connectivity index (χ1v) is 11.5. The number of allylic oxidation sites excluding steroid dienone is 3. The van der Waals surface area contributed by atoms with Gasteiger partial charge in [-0.25, -0.2) is 0 Å². The van der Waals surface area contributed by atoms with Crippen LogP contribution in [0.4, 0.5) is 5.69 Å². The molecule has 1 aromatic carbocycles. The number of anilines is 1. The van der Waals surface area contributed by atoms with Crippen molar-refractivity contribution in [3.05, 3.63) is 54.6 Å². The summed E-state index contributed by atoms with van der Waals surface area (Å²) in [5.41, 5.74) is 8.12. The molecule has 1 unspecified atom stereocenters. The molecule has 28 heavy (non-hydrogen) atoms. The SMILES string of the molecule is C=C/C=C\C.CC(C)(C)SNC(C)(CCC1CC1)c1cccc(N)c1.CCC. The second-order valence-electron chi connectivity index (χ2n) is 8.72. The standard InChI is InChI=1S/C17H28N2S.C5H8.C3H8/c1-16(2,3)20-19-17(4,11-10-13-8-9-13)14-6-5-7-15(18)12-14;1-3-5-4-2;1-3-2/h5-7,12-13,19H,8-11,18H2,1-4H3;3-5H,1H2,2H3;3H2,1-2H3/b;5-4-;. The van der Waals surface area contributed by atoms with Crippen molar-refractivity contribution in [1.29, 1.82) is 0 Å². The maximum absolute atomic E-state index is 5.97. The zero-order valence-corrected chi connectivity index (χ0v) is 20.2. The predicted octanol–water partition coefficient (Wildman–Crippen LogP) is 7.88. The molecule has 1 saturated carbocycles. The fourth-order valence-electron chi connectivity index (χ4n) is 2.44. The number of nitrogens with one attached hydrogen (secondary N) is 1. The van der Waals surface area contributed by atoms with Crippen LogP contribution in [0.1, 0.15) is 86.1 Å². The number of nitrogen functional groups attached to an aromatic ring is 1. The van der Waals surface area contributed by atoms with Crippen molar-refractivity contribution in [3.8, 4) is 0 Å². The van der Waals surface area contributed by atoms with E-state index in [1.54, 1.807) is 6.08 Å². The molecule has 2 rings (SSSR count). The van der Waals surface area contributed by atoms with Crippen molar-refractivity contribution in [2.45, 2.75) is 90.9 Å². The minimum absolute atomic E-state index is 0.00405. The van der Waals surface area contributed by atoms with E-state index in [9.17, 15) is 0 Å². The summed E-state index contributed by atoms with van der Waals surface area (Å²) in [6.45, 7) is 18.7. The lowest BCUT2D eigenvalue weighted by Crippen LogP contribution is -2.37. The Labute approximate surface area is 179 Å². The van der Waals surface area contributed by atoms with Crippen LogP contribution in [0.3, 0.4) is 0 Å². The highest BCUT2D eigenvalue weighted by molar-refractivity contribution is 7.98. The largest absolute Gasteiger partial charge is 0.399 e. The van der Waals surface area contributed by atoms with Gasteiger partial charge in [0.15, 0.2) is 0 Å². The molecule has 0 heterocycles. The topological polar surface area (TPSA) is 38.0 Å². The monoisotopic (exact) mass is 404 g/mol. The predicted molar refractivity (Wildman–Crippen MR) is 132 cm³/mol. The van der Waals surface area contributed by atoms with Gasteiger partial charge in [0.05, 0.1) is 5.54 Å². The second-order valence-corrected chi connectivity index (χ2v) is 10.4. The number of hydrogen-bond acceptors (Lipinski definition) is 3. The van der Waals surface area contributed by atoms with E-state index in [2.05, 4.69) is 71.0 Å². The molecule has 1 aliphatic carbocycles. The molecule has 0 saturated heterocycles. The van der Waals surface area contributed by atoms with Gasteiger partial charge in [-0.3, -0.25) is 4.72 Å². The van der Waals surface area contributed by atoms with Gasteiger partial charge in [-0.15, -0.1) is 0 Å². The highest BCUT2D eigenvalue weighted by atomic mass is 32.2. The van der Waals surface area contributed by atoms with Crippen molar-refractivity contribution in [2.75, 3.05) is 5.73 Å². The number of benzene rings is 1. The normalized spacial score (nSPS) is 15.7. The molecule has 1 atom stereocenters. The molecule has 0 radical (unpaired) electrons. The summed E-state index contributed by atoms with van der Waals surface area (Å²) in [6.07, 6.45) is 12.1. The van der Waals surface area contributed by atoms with Crippen LogP contribution in [-0.4, -0.2) is 4.75 Å². The number of rotatable bonds is 7. The molecule has 1 fully saturated rings. The molecule has 0 bridgehead atoms. The van der Waals surface area contributed by atoms with E-state index >= 15 is 0 Å². The van der Waals surface area contributed by atoms with Gasteiger partial charge in [0.1, 0.15) is 0 Å². The van der Waals surface area contributed by atoms with Gasteiger partial charge in [-0.2, -0.15) is 0 Å². The van der Waals surface area contributed by atoms with Gasteiger partial charge >= 0.3 is 0 Å². The van der Waals surface area contributed by atoms with Gasteiger partial charge in [-0.1, -0.05) is 82.0 Å². The zero-order chi connectivity index (χ0) is 21.6. The van der Waals surface area contributed by atoms with Gasteiger partial charge in [-0.05, 0) is 71.1 Å². The van der Waals surface area contributed by atoms with Crippen molar-refractivity contribution in [3.63, 3.8) is 0 Å². The summed E-state index contributed by atoms with van der Waals surface area (Å²) in [6, 6.07) is 8.33. The number of nitrogens with two attached hydrogens (primary N) is 1. The quantitative estimate of drug-likeness (QED) is 0.276. The maximum atomic E-state index is 5.97. The third-order valence-corrected chi connectivity index (χ3v) is 5.35. The fourth-order valence-corrected chi connectivity index (χ4v) is 3.19. The average molecular weight is 405 g/mol. The van der Waals surface area contributed by atoms with Crippen molar-refractivity contribution in [1.82, 2.24) is 4.72 Å². The minimum atomic E-state index is -0.00405. The smallest absolute Gasteiger partial charge is 0.0504 e. The Hall–Kier alpha value is -1.19. The highest BCUT2D eigenvalue weighted by Gasteiger charge is 2.31. The molecule has 0 spiro atoms. The van der Waals surface area contributed by atoms with Crippen LogP contribution in [0, 0.1) is 5.92 Å². The van der Waals surface area contributed by atoms with E-state index in [-0.39, 0.29) is 10.3 Å². The van der Waals surface area contributed by atoms with E-state index in [1.165, 1.54) is 37.7 Å². The molecule has 2 nitrogen and oxygen atoms in total. The van der Waals surface area contributed by atoms with E-state index in [0.29, 0.717) is 0 Å². The molecule has 1 aromatic rings. The summed E-state index contributed by atoms with van der Waals surface area (Å²) < 4.78 is 3.93. The number of hydrogen-bond donors (Lipinski definition) is 2. The first-order valence-electron chi connectivity index (χ1n) is 10.7. The molecule has 160 valence electrons. The van der Waals surface area contributed by atoms with E-state index in [0.717, 1.165) is 11.6 Å². The Bertz CT molecular complexity index is 570. The Morgan fingerprint density at radius 2 is 1.82 bits per heavy atom. The Balaban J connectivity index is 0.000000777. The van der Waals surface area contributed by atoms with Crippen LogP contribution < -0.4 is 10.5 Å². The zero-order valence-electron chi connectivity index (χ0n) is 19.3. The van der Waals surface area contributed by atoms with E-state index < -0.39 is 0 Å². The fraction of sp³-hybridized carbons (Fsp3) is 0.600. The molecule has 3 N–H and O–H groups in total. The Morgan fingerprint density at radius 1 is 1.21 bits per heavy atom. The van der Waals surface area contributed by atoms with Crippen LogP contribution in [0.2, 0.25) is 0 Å². The highest BCUT2D eigenvalue weighted by Crippen LogP contribution is 2.39. The lowest BCUT2D eigenvalue weighted by Gasteiger charge is -2.34. The molecule has 0 amide bonds. The summed E-state index contributed by atoms with van der Waals surface area (Å²) in [5.74, 6) is 0.955. The first-order chi connectivity index (χ1) is 13.1. The van der Waals surface area contributed by atoms with Crippen molar-refractivity contribution >= 4 is 17.6 Å². The van der Waals surface area contributed by atoms with Gasteiger partial charge < -0.3 is 5.73 Å². The third kappa shape index (κ3) is 13.1. The molecular weight excluding hydrogens is 360 g/mol. The van der Waals surface area contributed by atoms with Crippen molar-refractivity contribution < 1.29 is 0 Å². The van der Waals surface area contributed by atoms with Crippen LogP contribution in [0.15, 0.2) is 49.1 Å². The van der Waals surface area contributed by atoms with E-state index in [4.69, 9.17) is 5.73 Å². The summed E-state index contributed by atoms with van der Waals surface area (Å²) in [7, 11) is 0. The first kappa shape index (κ1) is 26.8. The molecule has 0 aliphatic heterocycles. The van der Waals surface area contributed by atoms with E-state index in [1.807, 2.05) is 37.1 Å². The Kier molecular flexibility index (Phi) is 13.3. The molecule has 0 aromatic heterocycles. The lowest BCUT2D eigenvalue weighted by atomic mass is 9.87. The molecular formula is C25H44N2S.